The van der Waals surface area contributed by atoms with Gasteiger partial charge in [-0.05, 0) is 37.1 Å². The van der Waals surface area contributed by atoms with Crippen LogP contribution in [0, 0.1) is 25.5 Å². The molecule has 0 aliphatic carbocycles. The summed E-state index contributed by atoms with van der Waals surface area (Å²) in [5.74, 6) is -1.81. The molecule has 19 heavy (non-hydrogen) atoms. The van der Waals surface area contributed by atoms with Crippen LogP contribution in [-0.2, 0) is 6.42 Å². The number of pyridine rings is 1. The van der Waals surface area contributed by atoms with Crippen LogP contribution in [0.1, 0.15) is 27.2 Å². The van der Waals surface area contributed by atoms with Crippen LogP contribution in [0.3, 0.4) is 0 Å². The van der Waals surface area contributed by atoms with Gasteiger partial charge in [-0.2, -0.15) is 0 Å². The molecule has 0 aliphatic heterocycles. The van der Waals surface area contributed by atoms with Crippen molar-refractivity contribution in [3.05, 3.63) is 64.5 Å². The molecular weight excluding hydrogens is 248 g/mol. The van der Waals surface area contributed by atoms with Crippen LogP contribution in [0.25, 0.3) is 0 Å². The van der Waals surface area contributed by atoms with Gasteiger partial charge in [0.05, 0.1) is 0 Å². The molecule has 0 spiro atoms. The van der Waals surface area contributed by atoms with E-state index >= 15 is 0 Å². The third kappa shape index (κ3) is 2.84. The maximum Gasteiger partial charge on any atom is 0.186 e. The molecule has 0 atom stereocenters. The minimum Gasteiger partial charge on any atom is -0.292 e. The van der Waals surface area contributed by atoms with E-state index in [1.54, 1.807) is 13.1 Å². The SMILES string of the molecule is Cc1cnc(C(=O)Cc2c(F)cccc2F)c(C)c1. The second-order valence-corrected chi connectivity index (χ2v) is 4.48. The van der Waals surface area contributed by atoms with Crippen LogP contribution >= 0.6 is 0 Å². The maximum absolute atomic E-state index is 13.5. The Morgan fingerprint density at radius 2 is 1.84 bits per heavy atom. The molecule has 0 unspecified atom stereocenters. The van der Waals surface area contributed by atoms with Crippen molar-refractivity contribution in [1.29, 1.82) is 0 Å². The molecule has 98 valence electrons. The fraction of sp³-hybridized carbons (Fsp3) is 0.200. The lowest BCUT2D eigenvalue weighted by atomic mass is 10.0. The number of benzene rings is 1. The first-order valence-corrected chi connectivity index (χ1v) is 5.88. The second-order valence-electron chi connectivity index (χ2n) is 4.48. The fourth-order valence-electron chi connectivity index (χ4n) is 1.95. The van der Waals surface area contributed by atoms with Crippen LogP contribution in [-0.4, -0.2) is 10.8 Å². The third-order valence-electron chi connectivity index (χ3n) is 2.88. The van der Waals surface area contributed by atoms with Gasteiger partial charge in [0, 0.05) is 18.2 Å². The Morgan fingerprint density at radius 3 is 2.42 bits per heavy atom. The molecule has 4 heteroatoms. The molecule has 1 aromatic carbocycles. The molecule has 0 amide bonds. The number of aryl methyl sites for hydroxylation is 2. The van der Waals surface area contributed by atoms with Crippen molar-refractivity contribution in [2.75, 3.05) is 0 Å². The molecule has 2 nitrogen and oxygen atoms in total. The van der Waals surface area contributed by atoms with Crippen molar-refractivity contribution < 1.29 is 13.6 Å². The zero-order valence-electron chi connectivity index (χ0n) is 10.7. The number of carbonyl (C=O) groups is 1. The molecule has 0 aliphatic rings. The molecule has 0 N–H and O–H groups in total. The standard InChI is InChI=1S/C15H13F2NO/c1-9-6-10(2)15(18-8-9)14(19)7-11-12(16)4-3-5-13(11)17/h3-6,8H,7H2,1-2H3. The first-order chi connectivity index (χ1) is 8.99. The highest BCUT2D eigenvalue weighted by Gasteiger charge is 2.16. The Balaban J connectivity index is 2.31. The van der Waals surface area contributed by atoms with E-state index in [0.717, 1.165) is 17.7 Å². The minimum atomic E-state index is -0.710. The Kier molecular flexibility index (Phi) is 3.69. The highest BCUT2D eigenvalue weighted by Crippen LogP contribution is 2.16. The van der Waals surface area contributed by atoms with Crippen LogP contribution in [0.4, 0.5) is 8.78 Å². The molecule has 2 aromatic rings. The van der Waals surface area contributed by atoms with Gasteiger partial charge in [-0.1, -0.05) is 12.1 Å². The lowest BCUT2D eigenvalue weighted by molar-refractivity contribution is 0.0985. The number of ketones is 1. The smallest absolute Gasteiger partial charge is 0.186 e. The number of Topliss-reactive ketones (excluding diaryl/α,β-unsaturated/α-hetero) is 1. The van der Waals surface area contributed by atoms with Crippen LogP contribution in [0.2, 0.25) is 0 Å². The van der Waals surface area contributed by atoms with Crippen LogP contribution in [0.15, 0.2) is 30.5 Å². The van der Waals surface area contributed by atoms with E-state index in [0.29, 0.717) is 5.56 Å². The lowest BCUT2D eigenvalue weighted by Crippen LogP contribution is -2.11. The van der Waals surface area contributed by atoms with Gasteiger partial charge in [0.25, 0.3) is 0 Å². The summed E-state index contributed by atoms with van der Waals surface area (Å²) in [5, 5.41) is 0. The number of aromatic nitrogens is 1. The molecule has 0 bridgehead atoms. The van der Waals surface area contributed by atoms with Gasteiger partial charge in [-0.15, -0.1) is 0 Å². The van der Waals surface area contributed by atoms with Crippen molar-refractivity contribution in [2.24, 2.45) is 0 Å². The molecule has 0 saturated heterocycles. The van der Waals surface area contributed by atoms with Crippen molar-refractivity contribution in [1.82, 2.24) is 4.98 Å². The summed E-state index contributed by atoms with van der Waals surface area (Å²) < 4.78 is 27.0. The van der Waals surface area contributed by atoms with Crippen LogP contribution < -0.4 is 0 Å². The molecule has 1 aromatic heterocycles. The topological polar surface area (TPSA) is 30.0 Å². The van der Waals surface area contributed by atoms with E-state index in [2.05, 4.69) is 4.98 Å². The lowest BCUT2D eigenvalue weighted by Gasteiger charge is -2.06. The van der Waals surface area contributed by atoms with E-state index in [9.17, 15) is 13.6 Å². The average Bonchev–Trinajstić information content (AvgIpc) is 2.33. The Bertz CT molecular complexity index is 618. The summed E-state index contributed by atoms with van der Waals surface area (Å²) in [6.45, 7) is 3.62. The summed E-state index contributed by atoms with van der Waals surface area (Å²) in [7, 11) is 0. The number of hydrogen-bond acceptors (Lipinski definition) is 2. The van der Waals surface area contributed by atoms with Gasteiger partial charge >= 0.3 is 0 Å². The van der Waals surface area contributed by atoms with Crippen molar-refractivity contribution in [2.45, 2.75) is 20.3 Å². The first-order valence-electron chi connectivity index (χ1n) is 5.88. The van der Waals surface area contributed by atoms with Gasteiger partial charge in [0.2, 0.25) is 0 Å². The predicted molar refractivity (Wildman–Crippen MR) is 68.1 cm³/mol. The second kappa shape index (κ2) is 5.26. The van der Waals surface area contributed by atoms with Gasteiger partial charge in [0.15, 0.2) is 5.78 Å². The Morgan fingerprint density at radius 1 is 1.21 bits per heavy atom. The molecule has 0 fully saturated rings. The molecule has 2 rings (SSSR count). The predicted octanol–water partition coefficient (Wildman–Crippen LogP) is 3.40. The third-order valence-corrected chi connectivity index (χ3v) is 2.88. The summed E-state index contributed by atoms with van der Waals surface area (Å²) in [6.07, 6.45) is 1.24. The maximum atomic E-state index is 13.5. The number of hydrogen-bond donors (Lipinski definition) is 0. The number of halogens is 2. The van der Waals surface area contributed by atoms with E-state index in [1.807, 2.05) is 13.0 Å². The summed E-state index contributed by atoms with van der Waals surface area (Å²) in [4.78, 5) is 16.1. The monoisotopic (exact) mass is 261 g/mol. The van der Waals surface area contributed by atoms with Gasteiger partial charge in [-0.25, -0.2) is 8.78 Å². The van der Waals surface area contributed by atoms with Crippen LogP contribution in [0.5, 0.6) is 0 Å². The number of rotatable bonds is 3. The minimum absolute atomic E-state index is 0.214. The highest BCUT2D eigenvalue weighted by atomic mass is 19.1. The largest absolute Gasteiger partial charge is 0.292 e. The fourth-order valence-corrected chi connectivity index (χ4v) is 1.95. The van der Waals surface area contributed by atoms with E-state index in [-0.39, 0.29) is 23.5 Å². The quantitative estimate of drug-likeness (QED) is 0.792. The number of carbonyl (C=O) groups excluding carboxylic acids is 1. The summed E-state index contributed by atoms with van der Waals surface area (Å²) >= 11 is 0. The van der Waals surface area contributed by atoms with E-state index in [4.69, 9.17) is 0 Å². The van der Waals surface area contributed by atoms with Gasteiger partial charge in [-0.3, -0.25) is 9.78 Å². The van der Waals surface area contributed by atoms with Gasteiger partial charge in [0.1, 0.15) is 17.3 Å². The molecule has 1 heterocycles. The average molecular weight is 261 g/mol. The van der Waals surface area contributed by atoms with Gasteiger partial charge < -0.3 is 0 Å². The molecule has 0 saturated carbocycles. The van der Waals surface area contributed by atoms with E-state index in [1.165, 1.54) is 6.07 Å². The normalized spacial score (nSPS) is 10.5. The van der Waals surface area contributed by atoms with Crippen molar-refractivity contribution in [3.63, 3.8) is 0 Å². The molecule has 0 radical (unpaired) electrons. The zero-order valence-corrected chi connectivity index (χ0v) is 10.7. The highest BCUT2D eigenvalue weighted by molar-refractivity contribution is 5.97. The summed E-state index contributed by atoms with van der Waals surface area (Å²) in [6, 6.07) is 5.37. The van der Waals surface area contributed by atoms with Crippen molar-refractivity contribution in [3.8, 4) is 0 Å². The Hall–Kier alpha value is -2.10. The Labute approximate surface area is 110 Å². The zero-order chi connectivity index (χ0) is 14.0. The number of nitrogens with zero attached hydrogens (tertiary/aromatic N) is 1. The molecular formula is C15H13F2NO. The summed E-state index contributed by atoms with van der Waals surface area (Å²) in [5.41, 5.74) is 1.69. The first kappa shape index (κ1) is 13.3. The van der Waals surface area contributed by atoms with E-state index < -0.39 is 11.6 Å². The van der Waals surface area contributed by atoms with Crippen molar-refractivity contribution >= 4 is 5.78 Å².